The Morgan fingerprint density at radius 1 is 1.26 bits per heavy atom. The standard InChI is InChI=1S/C20H25BrFN3O2/c1-5-11-23-25-13(4)17(12(3)18(21)20(25)27)19(26)24-16(6-2)14-9-7-8-10-15(14)22/h7-10,16,23H,5-6,11H2,1-4H3,(H,24,26)/t16-/m0/s1. The van der Waals surface area contributed by atoms with Crippen LogP contribution in [-0.2, 0) is 0 Å². The van der Waals surface area contributed by atoms with Gasteiger partial charge in [-0.3, -0.25) is 9.59 Å². The van der Waals surface area contributed by atoms with E-state index in [4.69, 9.17) is 0 Å². The van der Waals surface area contributed by atoms with Gasteiger partial charge in [0, 0.05) is 12.1 Å². The fraction of sp³-hybridized carbons (Fsp3) is 0.400. The zero-order valence-electron chi connectivity index (χ0n) is 16.0. The Balaban J connectivity index is 2.44. The summed E-state index contributed by atoms with van der Waals surface area (Å²) in [6.07, 6.45) is 1.38. The molecular formula is C20H25BrFN3O2. The molecule has 1 aromatic carbocycles. The first-order valence-electron chi connectivity index (χ1n) is 9.04. The van der Waals surface area contributed by atoms with Gasteiger partial charge in [0.2, 0.25) is 0 Å². The van der Waals surface area contributed by atoms with Crippen LogP contribution in [-0.4, -0.2) is 17.1 Å². The van der Waals surface area contributed by atoms with Gasteiger partial charge >= 0.3 is 0 Å². The molecule has 27 heavy (non-hydrogen) atoms. The summed E-state index contributed by atoms with van der Waals surface area (Å²) in [6, 6.07) is 5.96. The highest BCUT2D eigenvalue weighted by molar-refractivity contribution is 9.10. The quantitative estimate of drug-likeness (QED) is 0.681. The van der Waals surface area contributed by atoms with Crippen molar-refractivity contribution in [1.29, 1.82) is 0 Å². The van der Waals surface area contributed by atoms with Crippen molar-refractivity contribution in [2.24, 2.45) is 0 Å². The van der Waals surface area contributed by atoms with E-state index in [1.54, 1.807) is 32.0 Å². The smallest absolute Gasteiger partial charge is 0.283 e. The average Bonchev–Trinajstić information content (AvgIpc) is 2.65. The van der Waals surface area contributed by atoms with Crippen molar-refractivity contribution in [2.45, 2.75) is 46.6 Å². The van der Waals surface area contributed by atoms with Crippen molar-refractivity contribution in [3.05, 3.63) is 67.3 Å². The van der Waals surface area contributed by atoms with Crippen molar-refractivity contribution in [3.8, 4) is 0 Å². The second-order valence-corrected chi connectivity index (χ2v) is 7.20. The number of amides is 1. The van der Waals surface area contributed by atoms with Crippen LogP contribution in [0.1, 0.15) is 59.9 Å². The van der Waals surface area contributed by atoms with Gasteiger partial charge in [0.1, 0.15) is 5.82 Å². The predicted octanol–water partition coefficient (Wildman–Crippen LogP) is 4.20. The van der Waals surface area contributed by atoms with Crippen molar-refractivity contribution >= 4 is 21.8 Å². The Labute approximate surface area is 167 Å². The molecule has 2 rings (SSSR count). The second-order valence-electron chi connectivity index (χ2n) is 6.40. The number of carbonyl (C=O) groups excluding carboxylic acids is 1. The molecule has 0 aliphatic heterocycles. The third-order valence-electron chi connectivity index (χ3n) is 4.53. The Morgan fingerprint density at radius 3 is 2.52 bits per heavy atom. The number of rotatable bonds is 7. The lowest BCUT2D eigenvalue weighted by atomic mass is 10.0. The lowest BCUT2D eigenvalue weighted by Crippen LogP contribution is -2.37. The van der Waals surface area contributed by atoms with E-state index in [-0.39, 0.29) is 17.3 Å². The summed E-state index contributed by atoms with van der Waals surface area (Å²) in [6.45, 7) is 7.93. The topological polar surface area (TPSA) is 63.1 Å². The first-order chi connectivity index (χ1) is 12.8. The number of nitrogens with zero attached hydrogens (tertiary/aromatic N) is 1. The molecule has 0 unspecified atom stereocenters. The van der Waals surface area contributed by atoms with Gasteiger partial charge < -0.3 is 10.7 Å². The van der Waals surface area contributed by atoms with Gasteiger partial charge in [-0.05, 0) is 54.2 Å². The molecule has 0 saturated heterocycles. The minimum atomic E-state index is -0.458. The van der Waals surface area contributed by atoms with E-state index < -0.39 is 6.04 Å². The highest BCUT2D eigenvalue weighted by Crippen LogP contribution is 2.23. The number of halogens is 2. The molecule has 2 aromatic rings. The van der Waals surface area contributed by atoms with E-state index in [2.05, 4.69) is 26.7 Å². The van der Waals surface area contributed by atoms with Crippen molar-refractivity contribution in [2.75, 3.05) is 12.0 Å². The van der Waals surface area contributed by atoms with Gasteiger partial charge in [0.25, 0.3) is 11.5 Å². The molecule has 1 heterocycles. The van der Waals surface area contributed by atoms with Crippen LogP contribution in [0.5, 0.6) is 0 Å². The minimum Gasteiger partial charge on any atom is -0.345 e. The van der Waals surface area contributed by atoms with E-state index in [0.29, 0.717) is 39.8 Å². The Morgan fingerprint density at radius 2 is 1.93 bits per heavy atom. The molecule has 0 spiro atoms. The summed E-state index contributed by atoms with van der Waals surface area (Å²) < 4.78 is 15.9. The van der Waals surface area contributed by atoms with Crippen molar-refractivity contribution < 1.29 is 9.18 Å². The first kappa shape index (κ1) is 21.2. The molecule has 0 aliphatic carbocycles. The van der Waals surface area contributed by atoms with Crippen LogP contribution in [0.15, 0.2) is 33.5 Å². The maximum Gasteiger partial charge on any atom is 0.283 e. The highest BCUT2D eigenvalue weighted by Gasteiger charge is 2.23. The third-order valence-corrected chi connectivity index (χ3v) is 5.47. The average molecular weight is 438 g/mol. The minimum absolute atomic E-state index is 0.240. The molecule has 2 N–H and O–H groups in total. The van der Waals surface area contributed by atoms with Crippen LogP contribution < -0.4 is 16.3 Å². The fourth-order valence-electron chi connectivity index (χ4n) is 3.04. The second kappa shape index (κ2) is 9.17. The van der Waals surface area contributed by atoms with E-state index in [1.165, 1.54) is 10.7 Å². The Hall–Kier alpha value is -2.15. The number of hydrogen-bond acceptors (Lipinski definition) is 3. The van der Waals surface area contributed by atoms with Crippen molar-refractivity contribution in [1.82, 2.24) is 9.99 Å². The van der Waals surface area contributed by atoms with E-state index >= 15 is 0 Å². The summed E-state index contributed by atoms with van der Waals surface area (Å²) in [5, 5.41) is 2.91. The number of pyridine rings is 1. The maximum absolute atomic E-state index is 14.1. The molecule has 0 saturated carbocycles. The van der Waals surface area contributed by atoms with Crippen LogP contribution in [0.4, 0.5) is 4.39 Å². The monoisotopic (exact) mass is 437 g/mol. The van der Waals surface area contributed by atoms with Crippen LogP contribution in [0.3, 0.4) is 0 Å². The molecule has 1 amide bonds. The molecule has 7 heteroatoms. The summed E-state index contributed by atoms with van der Waals surface area (Å²) >= 11 is 3.30. The molecule has 146 valence electrons. The number of carbonyl (C=O) groups is 1. The lowest BCUT2D eigenvalue weighted by Gasteiger charge is -2.22. The Kier molecular flexibility index (Phi) is 7.18. The third kappa shape index (κ3) is 4.40. The zero-order valence-corrected chi connectivity index (χ0v) is 17.6. The van der Waals surface area contributed by atoms with Crippen LogP contribution in [0, 0.1) is 19.7 Å². The largest absolute Gasteiger partial charge is 0.345 e. The van der Waals surface area contributed by atoms with Gasteiger partial charge in [-0.15, -0.1) is 0 Å². The molecule has 0 radical (unpaired) electrons. The molecule has 5 nitrogen and oxygen atoms in total. The fourth-order valence-corrected chi connectivity index (χ4v) is 3.42. The van der Waals surface area contributed by atoms with Crippen LogP contribution >= 0.6 is 15.9 Å². The van der Waals surface area contributed by atoms with E-state index in [9.17, 15) is 14.0 Å². The number of benzene rings is 1. The molecule has 0 fully saturated rings. The van der Waals surface area contributed by atoms with Gasteiger partial charge in [-0.1, -0.05) is 32.0 Å². The number of nitrogens with one attached hydrogen (secondary N) is 2. The molecule has 1 atom stereocenters. The van der Waals surface area contributed by atoms with Gasteiger partial charge in [0.05, 0.1) is 21.8 Å². The molecule has 0 bridgehead atoms. The maximum atomic E-state index is 14.1. The summed E-state index contributed by atoms with van der Waals surface area (Å²) in [4.78, 5) is 25.5. The summed E-state index contributed by atoms with van der Waals surface area (Å²) in [5.74, 6) is -0.693. The van der Waals surface area contributed by atoms with E-state index in [1.807, 2.05) is 13.8 Å². The van der Waals surface area contributed by atoms with Gasteiger partial charge in [-0.25, -0.2) is 9.07 Å². The highest BCUT2D eigenvalue weighted by atomic mass is 79.9. The SMILES string of the molecule is CCCNn1c(C)c(C(=O)N[C@@H](CC)c2ccccc2F)c(C)c(Br)c1=O. The predicted molar refractivity (Wildman–Crippen MR) is 109 cm³/mol. The zero-order chi connectivity index (χ0) is 20.1. The first-order valence-corrected chi connectivity index (χ1v) is 9.83. The summed E-state index contributed by atoms with van der Waals surface area (Å²) in [5.41, 5.74) is 4.73. The van der Waals surface area contributed by atoms with E-state index in [0.717, 1.165) is 6.42 Å². The normalized spacial score (nSPS) is 11.9. The Bertz CT molecular complexity index is 896. The van der Waals surface area contributed by atoms with Crippen LogP contribution in [0.2, 0.25) is 0 Å². The molecule has 1 aromatic heterocycles. The van der Waals surface area contributed by atoms with Crippen molar-refractivity contribution in [3.63, 3.8) is 0 Å². The van der Waals surface area contributed by atoms with Crippen LogP contribution in [0.25, 0.3) is 0 Å². The molecule has 0 aliphatic rings. The number of hydrogen-bond donors (Lipinski definition) is 2. The lowest BCUT2D eigenvalue weighted by molar-refractivity contribution is 0.0932. The molecular weight excluding hydrogens is 413 g/mol. The van der Waals surface area contributed by atoms with Gasteiger partial charge in [-0.2, -0.15) is 0 Å². The van der Waals surface area contributed by atoms with Gasteiger partial charge in [0.15, 0.2) is 0 Å². The summed E-state index contributed by atoms with van der Waals surface area (Å²) in [7, 11) is 0. The number of aromatic nitrogens is 1.